The zero-order valence-electron chi connectivity index (χ0n) is 17.8. The van der Waals surface area contributed by atoms with Crippen LogP contribution in [0.2, 0.25) is 5.02 Å². The molecule has 158 valence electrons. The maximum atomic E-state index is 13.2. The second-order valence-electron chi connectivity index (χ2n) is 8.37. The highest BCUT2D eigenvalue weighted by Gasteiger charge is 2.34. The highest BCUT2D eigenvalue weighted by molar-refractivity contribution is 6.30. The van der Waals surface area contributed by atoms with Gasteiger partial charge in [-0.15, -0.1) is 0 Å². The fourth-order valence-corrected chi connectivity index (χ4v) is 4.83. The molecule has 1 aromatic heterocycles. The third-order valence-corrected chi connectivity index (χ3v) is 6.54. The number of nitrogens with one attached hydrogen (secondary N) is 1. The van der Waals surface area contributed by atoms with Crippen molar-refractivity contribution in [3.05, 3.63) is 70.4 Å². The molecule has 2 heterocycles. The number of aromatic amines is 1. The van der Waals surface area contributed by atoms with Gasteiger partial charge in [0.2, 0.25) is 5.91 Å². The van der Waals surface area contributed by atoms with Gasteiger partial charge in [0, 0.05) is 34.6 Å². The minimum atomic E-state index is -0.0778. The monoisotopic (exact) mass is 422 g/mol. The van der Waals surface area contributed by atoms with Crippen molar-refractivity contribution < 1.29 is 4.79 Å². The lowest BCUT2D eigenvalue weighted by Crippen LogP contribution is -2.40. The quantitative estimate of drug-likeness (QED) is 0.388. The van der Waals surface area contributed by atoms with E-state index in [2.05, 4.69) is 53.2 Å². The molecule has 0 saturated carbocycles. The minimum Gasteiger partial charge on any atom is -0.356 e. The highest BCUT2D eigenvalue weighted by Crippen LogP contribution is 2.39. The van der Waals surface area contributed by atoms with Crippen LogP contribution in [-0.2, 0) is 11.2 Å². The van der Waals surface area contributed by atoms with E-state index in [1.165, 1.54) is 36.6 Å². The Morgan fingerprint density at radius 1 is 1.03 bits per heavy atom. The van der Waals surface area contributed by atoms with Crippen LogP contribution in [0.4, 0.5) is 0 Å². The molecule has 3 nitrogen and oxygen atoms in total. The van der Waals surface area contributed by atoms with Gasteiger partial charge >= 0.3 is 0 Å². The molecule has 1 amide bonds. The summed E-state index contributed by atoms with van der Waals surface area (Å²) in [5.74, 6) is 0.259. The molecule has 30 heavy (non-hydrogen) atoms. The molecule has 4 rings (SSSR count). The molecule has 0 radical (unpaired) electrons. The number of fused-ring (bicyclic) bond motifs is 3. The molecule has 0 saturated heterocycles. The first-order valence-corrected chi connectivity index (χ1v) is 11.7. The summed E-state index contributed by atoms with van der Waals surface area (Å²) in [4.78, 5) is 19.0. The summed E-state index contributed by atoms with van der Waals surface area (Å²) < 4.78 is 0. The fraction of sp³-hybridized carbons (Fsp3) is 0.423. The van der Waals surface area contributed by atoms with Gasteiger partial charge in [0.15, 0.2) is 0 Å². The Bertz CT molecular complexity index is 992. The molecule has 1 aliphatic heterocycles. The van der Waals surface area contributed by atoms with E-state index in [0.29, 0.717) is 6.42 Å². The maximum absolute atomic E-state index is 13.2. The first-order chi connectivity index (χ1) is 14.7. The Morgan fingerprint density at radius 2 is 1.77 bits per heavy atom. The summed E-state index contributed by atoms with van der Waals surface area (Å²) in [6, 6.07) is 16.3. The SMILES string of the molecule is CCCCCCCCC(=O)N1CCc2c([nH]c3ccccc23)C1c1ccc(Cl)cc1. The molecule has 0 fully saturated rings. The number of nitrogens with zero attached hydrogens (tertiary/aromatic N) is 1. The molecule has 1 N–H and O–H groups in total. The van der Waals surface area contributed by atoms with Gasteiger partial charge in [-0.3, -0.25) is 4.79 Å². The number of carbonyl (C=O) groups excluding carboxylic acids is 1. The third-order valence-electron chi connectivity index (χ3n) is 6.28. The number of amides is 1. The Labute approximate surface area is 184 Å². The van der Waals surface area contributed by atoms with Crippen LogP contribution in [0.25, 0.3) is 10.9 Å². The van der Waals surface area contributed by atoms with E-state index >= 15 is 0 Å². The van der Waals surface area contributed by atoms with Crippen molar-refractivity contribution in [2.75, 3.05) is 6.54 Å². The Balaban J connectivity index is 1.58. The molecular weight excluding hydrogens is 392 g/mol. The van der Waals surface area contributed by atoms with E-state index in [9.17, 15) is 4.79 Å². The number of aromatic nitrogens is 1. The molecular formula is C26H31ClN2O. The summed E-state index contributed by atoms with van der Waals surface area (Å²) in [7, 11) is 0. The van der Waals surface area contributed by atoms with Crippen molar-refractivity contribution in [2.45, 2.75) is 64.3 Å². The van der Waals surface area contributed by atoms with E-state index in [1.54, 1.807) is 0 Å². The lowest BCUT2D eigenvalue weighted by Gasteiger charge is -2.36. The van der Waals surface area contributed by atoms with Crippen molar-refractivity contribution in [3.63, 3.8) is 0 Å². The van der Waals surface area contributed by atoms with Crippen LogP contribution in [0.5, 0.6) is 0 Å². The minimum absolute atomic E-state index is 0.0778. The fourth-order valence-electron chi connectivity index (χ4n) is 4.70. The van der Waals surface area contributed by atoms with Crippen LogP contribution in [0.1, 0.15) is 74.7 Å². The number of halogens is 1. The van der Waals surface area contributed by atoms with Crippen LogP contribution < -0.4 is 0 Å². The molecule has 1 atom stereocenters. The van der Waals surface area contributed by atoms with Gasteiger partial charge in [0.25, 0.3) is 0 Å². The molecule has 0 aliphatic carbocycles. The average molecular weight is 423 g/mol. The van der Waals surface area contributed by atoms with Crippen LogP contribution in [-0.4, -0.2) is 22.3 Å². The second kappa shape index (κ2) is 9.70. The summed E-state index contributed by atoms with van der Waals surface area (Å²) in [5, 5.41) is 1.99. The lowest BCUT2D eigenvalue weighted by atomic mass is 9.92. The van der Waals surface area contributed by atoms with Crippen molar-refractivity contribution in [3.8, 4) is 0 Å². The van der Waals surface area contributed by atoms with Crippen LogP contribution in [0, 0.1) is 0 Å². The Morgan fingerprint density at radius 3 is 2.57 bits per heavy atom. The summed E-state index contributed by atoms with van der Waals surface area (Å²) in [6.45, 7) is 2.99. The van der Waals surface area contributed by atoms with E-state index < -0.39 is 0 Å². The normalized spacial score (nSPS) is 16.1. The zero-order chi connectivity index (χ0) is 20.9. The Kier molecular flexibility index (Phi) is 6.79. The molecule has 3 aromatic rings. The zero-order valence-corrected chi connectivity index (χ0v) is 18.5. The van der Waals surface area contributed by atoms with Gasteiger partial charge < -0.3 is 9.88 Å². The summed E-state index contributed by atoms with van der Waals surface area (Å²) >= 11 is 6.15. The van der Waals surface area contributed by atoms with Crippen LogP contribution in [0.15, 0.2) is 48.5 Å². The van der Waals surface area contributed by atoms with E-state index in [1.807, 2.05) is 12.1 Å². The van der Waals surface area contributed by atoms with Gasteiger partial charge in [0.1, 0.15) is 0 Å². The van der Waals surface area contributed by atoms with Crippen molar-refractivity contribution in [2.24, 2.45) is 0 Å². The number of unbranched alkanes of at least 4 members (excludes halogenated alkanes) is 5. The lowest BCUT2D eigenvalue weighted by molar-refractivity contribution is -0.133. The first-order valence-electron chi connectivity index (χ1n) is 11.3. The van der Waals surface area contributed by atoms with Gasteiger partial charge in [-0.2, -0.15) is 0 Å². The highest BCUT2D eigenvalue weighted by atomic mass is 35.5. The largest absolute Gasteiger partial charge is 0.356 e. The van der Waals surface area contributed by atoms with Crippen molar-refractivity contribution in [1.82, 2.24) is 9.88 Å². The molecule has 0 spiro atoms. The molecule has 0 bridgehead atoms. The number of carbonyl (C=O) groups is 1. The molecule has 1 aliphatic rings. The van der Waals surface area contributed by atoms with E-state index in [0.717, 1.165) is 47.6 Å². The molecule has 1 unspecified atom stereocenters. The predicted molar refractivity (Wildman–Crippen MR) is 125 cm³/mol. The van der Waals surface area contributed by atoms with E-state index in [-0.39, 0.29) is 11.9 Å². The second-order valence-corrected chi connectivity index (χ2v) is 8.81. The van der Waals surface area contributed by atoms with Crippen molar-refractivity contribution in [1.29, 1.82) is 0 Å². The van der Waals surface area contributed by atoms with E-state index in [4.69, 9.17) is 11.6 Å². The third kappa shape index (κ3) is 4.41. The first kappa shape index (κ1) is 21.0. The van der Waals surface area contributed by atoms with Gasteiger partial charge in [-0.25, -0.2) is 0 Å². The number of rotatable bonds is 8. The number of benzene rings is 2. The number of hydrogen-bond acceptors (Lipinski definition) is 1. The van der Waals surface area contributed by atoms with Gasteiger partial charge in [-0.1, -0.05) is 81.0 Å². The molecule has 4 heteroatoms. The van der Waals surface area contributed by atoms with Crippen LogP contribution >= 0.6 is 11.6 Å². The predicted octanol–water partition coefficient (Wildman–Crippen LogP) is 7.05. The standard InChI is InChI=1S/C26H31ClN2O/c1-2-3-4-5-6-7-12-24(30)29-18-17-22-21-10-8-9-11-23(21)28-25(22)26(29)19-13-15-20(27)16-14-19/h8-11,13-16,26,28H,2-7,12,17-18H2,1H3. The van der Waals surface area contributed by atoms with Gasteiger partial charge in [0.05, 0.1) is 6.04 Å². The Hall–Kier alpha value is -2.26. The molecule has 2 aromatic carbocycles. The van der Waals surface area contributed by atoms with Crippen LogP contribution in [0.3, 0.4) is 0 Å². The number of para-hydroxylation sites is 1. The summed E-state index contributed by atoms with van der Waals surface area (Å²) in [6.07, 6.45) is 8.70. The summed E-state index contributed by atoms with van der Waals surface area (Å²) in [5.41, 5.74) is 4.75. The smallest absolute Gasteiger partial charge is 0.223 e. The topological polar surface area (TPSA) is 36.1 Å². The number of hydrogen-bond donors (Lipinski definition) is 1. The van der Waals surface area contributed by atoms with Gasteiger partial charge in [-0.05, 0) is 42.2 Å². The maximum Gasteiger partial charge on any atom is 0.223 e. The number of H-pyrrole nitrogens is 1. The average Bonchev–Trinajstić information content (AvgIpc) is 3.15. The van der Waals surface area contributed by atoms with Crippen molar-refractivity contribution >= 4 is 28.4 Å².